The first-order chi connectivity index (χ1) is 7.84. The molecule has 0 saturated heterocycles. The van der Waals surface area contributed by atoms with Gasteiger partial charge in [-0.1, -0.05) is 39.0 Å². The van der Waals surface area contributed by atoms with E-state index in [9.17, 15) is 0 Å². The molecule has 0 aromatic carbocycles. The fourth-order valence-electron chi connectivity index (χ4n) is 1.82. The maximum Gasteiger partial charge on any atom is 0.255 e. The number of aromatic nitrogens is 2. The number of rotatable bonds is 8. The quantitative estimate of drug-likeness (QED) is 0.508. The third-order valence-corrected chi connectivity index (χ3v) is 2.91. The van der Waals surface area contributed by atoms with Crippen molar-refractivity contribution in [2.24, 2.45) is 0 Å². The van der Waals surface area contributed by atoms with Crippen molar-refractivity contribution in [2.75, 3.05) is 0 Å². The largest absolute Gasteiger partial charge is 0.255 e. The average molecular weight is 221 g/mol. The van der Waals surface area contributed by atoms with Crippen LogP contribution in [-0.2, 0) is 0 Å². The Balaban J connectivity index is 2.03. The number of H-pyrrole nitrogens is 1. The zero-order valence-corrected chi connectivity index (χ0v) is 10.7. The second-order valence-electron chi connectivity index (χ2n) is 4.39. The van der Waals surface area contributed by atoms with Gasteiger partial charge in [-0.3, -0.25) is 0 Å². The van der Waals surface area contributed by atoms with Crippen LogP contribution in [0.3, 0.4) is 0 Å². The first-order valence-electron chi connectivity index (χ1n) is 6.56. The maximum absolute atomic E-state index is 3.16. The highest BCUT2D eigenvalue weighted by Gasteiger charge is 1.98. The molecule has 16 heavy (non-hydrogen) atoms. The van der Waals surface area contributed by atoms with Crippen molar-refractivity contribution in [2.45, 2.75) is 58.8 Å². The summed E-state index contributed by atoms with van der Waals surface area (Å²) in [5.74, 6) is 1.18. The van der Waals surface area contributed by atoms with E-state index in [1.807, 2.05) is 12.4 Å². The van der Waals surface area contributed by atoms with E-state index < -0.39 is 0 Å². The van der Waals surface area contributed by atoms with Crippen molar-refractivity contribution >= 4 is 6.20 Å². The number of nitrogens with one attached hydrogen (secondary N) is 1. The van der Waals surface area contributed by atoms with E-state index in [1.165, 1.54) is 50.8 Å². The summed E-state index contributed by atoms with van der Waals surface area (Å²) in [6, 6.07) is 0. The third kappa shape index (κ3) is 5.15. The number of nitrogens with zero attached hydrogens (tertiary/aromatic N) is 1. The Kier molecular flexibility index (Phi) is 6.62. The van der Waals surface area contributed by atoms with Crippen molar-refractivity contribution in [3.8, 4) is 0 Å². The Morgan fingerprint density at radius 2 is 1.94 bits per heavy atom. The minimum absolute atomic E-state index is 1.18. The fourth-order valence-corrected chi connectivity index (χ4v) is 1.82. The maximum atomic E-state index is 3.16. The van der Waals surface area contributed by atoms with Crippen molar-refractivity contribution in [1.29, 1.82) is 0 Å². The van der Waals surface area contributed by atoms with E-state index >= 15 is 0 Å². The average Bonchev–Trinajstić information content (AvgIpc) is 2.68. The van der Waals surface area contributed by atoms with Crippen molar-refractivity contribution < 1.29 is 4.57 Å². The summed E-state index contributed by atoms with van der Waals surface area (Å²) in [4.78, 5) is 3.16. The minimum atomic E-state index is 1.18. The van der Waals surface area contributed by atoms with Crippen molar-refractivity contribution in [1.82, 2.24) is 4.98 Å². The molecule has 1 heterocycles. The predicted octanol–water partition coefficient (Wildman–Crippen LogP) is 3.83. The molecule has 0 saturated carbocycles. The molecular weight excluding hydrogens is 196 g/mol. The summed E-state index contributed by atoms with van der Waals surface area (Å²) >= 11 is 0. The molecule has 0 atom stereocenters. The van der Waals surface area contributed by atoms with Crippen LogP contribution in [-0.4, -0.2) is 4.98 Å². The highest BCUT2D eigenvalue weighted by molar-refractivity contribution is 5.06. The second-order valence-corrected chi connectivity index (χ2v) is 4.39. The monoisotopic (exact) mass is 221 g/mol. The van der Waals surface area contributed by atoms with Gasteiger partial charge in [0.2, 0.25) is 0 Å². The molecule has 1 aromatic heterocycles. The molecule has 90 valence electrons. The van der Waals surface area contributed by atoms with Gasteiger partial charge in [0, 0.05) is 6.92 Å². The number of hydrogen-bond acceptors (Lipinski definition) is 0. The van der Waals surface area contributed by atoms with E-state index in [0.717, 1.165) is 0 Å². The molecule has 0 aliphatic carbocycles. The fraction of sp³-hybridized carbons (Fsp3) is 0.643. The molecule has 1 N–H and O–H groups in total. The van der Waals surface area contributed by atoms with Crippen LogP contribution < -0.4 is 4.57 Å². The first-order valence-corrected chi connectivity index (χ1v) is 6.56. The first kappa shape index (κ1) is 13.0. The molecule has 0 unspecified atom stereocenters. The third-order valence-electron chi connectivity index (χ3n) is 2.91. The van der Waals surface area contributed by atoms with Crippen LogP contribution in [0, 0.1) is 6.92 Å². The van der Waals surface area contributed by atoms with Crippen LogP contribution >= 0.6 is 0 Å². The van der Waals surface area contributed by atoms with Crippen LogP contribution in [0.15, 0.2) is 18.5 Å². The van der Waals surface area contributed by atoms with Crippen molar-refractivity contribution in [3.63, 3.8) is 0 Å². The van der Waals surface area contributed by atoms with Crippen LogP contribution in [0.5, 0.6) is 0 Å². The van der Waals surface area contributed by atoms with Gasteiger partial charge in [0.15, 0.2) is 0 Å². The van der Waals surface area contributed by atoms with Crippen LogP contribution in [0.4, 0.5) is 0 Å². The van der Waals surface area contributed by atoms with E-state index in [-0.39, 0.29) is 0 Å². The normalized spacial score (nSPS) is 11.4. The van der Waals surface area contributed by atoms with E-state index in [2.05, 4.69) is 35.7 Å². The number of aryl methyl sites for hydroxylation is 1. The molecular formula is C14H25N2+. The Morgan fingerprint density at radius 3 is 2.62 bits per heavy atom. The van der Waals surface area contributed by atoms with Gasteiger partial charge in [-0.2, -0.15) is 0 Å². The highest BCUT2D eigenvalue weighted by Crippen LogP contribution is 2.06. The Hall–Kier alpha value is -1.05. The number of aromatic amines is 1. The molecule has 1 aromatic rings. The number of hydrogen-bond donors (Lipinski definition) is 1. The van der Waals surface area contributed by atoms with Gasteiger partial charge in [-0.05, 0) is 18.9 Å². The summed E-state index contributed by atoms with van der Waals surface area (Å²) in [6.45, 7) is 4.34. The van der Waals surface area contributed by atoms with E-state index in [0.29, 0.717) is 0 Å². The SMILES string of the molecule is CCCCCCCCC=C[n+]1cc[nH]c1C. The standard InChI is InChI=1S/C14H24N2/c1-3-4-5-6-7-8-9-10-12-16-13-11-15-14(16)2/h10-13H,3-9H2,1-2H3/p+1. The summed E-state index contributed by atoms with van der Waals surface area (Å²) in [6.07, 6.45) is 17.9. The highest BCUT2D eigenvalue weighted by atomic mass is 15.0. The van der Waals surface area contributed by atoms with Crippen LogP contribution in [0.2, 0.25) is 0 Å². The topological polar surface area (TPSA) is 19.7 Å². The van der Waals surface area contributed by atoms with Crippen LogP contribution in [0.25, 0.3) is 6.20 Å². The lowest BCUT2D eigenvalue weighted by Crippen LogP contribution is -2.26. The molecule has 0 bridgehead atoms. The molecule has 0 fully saturated rings. The summed E-state index contributed by atoms with van der Waals surface area (Å²) in [5.41, 5.74) is 0. The van der Waals surface area contributed by atoms with Gasteiger partial charge < -0.3 is 0 Å². The minimum Gasteiger partial charge on any atom is -0.247 e. The Bertz CT molecular complexity index is 299. The molecule has 0 aliphatic heterocycles. The molecule has 0 radical (unpaired) electrons. The zero-order valence-electron chi connectivity index (χ0n) is 10.7. The Labute approximate surface area is 99.4 Å². The molecule has 1 rings (SSSR count). The lowest BCUT2D eigenvalue weighted by Gasteiger charge is -1.97. The lowest BCUT2D eigenvalue weighted by atomic mass is 10.1. The van der Waals surface area contributed by atoms with Crippen LogP contribution in [0.1, 0.15) is 57.7 Å². The van der Waals surface area contributed by atoms with Crippen molar-refractivity contribution in [3.05, 3.63) is 24.3 Å². The summed E-state index contributed by atoms with van der Waals surface area (Å²) in [5, 5.41) is 0. The number of imidazole rings is 1. The van der Waals surface area contributed by atoms with Gasteiger partial charge >= 0.3 is 0 Å². The van der Waals surface area contributed by atoms with Gasteiger partial charge in [0.25, 0.3) is 5.82 Å². The summed E-state index contributed by atoms with van der Waals surface area (Å²) in [7, 11) is 0. The lowest BCUT2D eigenvalue weighted by molar-refractivity contribution is -0.574. The van der Waals surface area contributed by atoms with Gasteiger partial charge in [0.05, 0.1) is 6.20 Å². The molecule has 0 amide bonds. The Morgan fingerprint density at radius 1 is 1.19 bits per heavy atom. The van der Waals surface area contributed by atoms with Gasteiger partial charge in [-0.15, -0.1) is 0 Å². The molecule has 2 nitrogen and oxygen atoms in total. The second kappa shape index (κ2) is 8.14. The molecule has 0 aliphatic rings. The predicted molar refractivity (Wildman–Crippen MR) is 69.0 cm³/mol. The van der Waals surface area contributed by atoms with E-state index in [4.69, 9.17) is 0 Å². The van der Waals surface area contributed by atoms with Gasteiger partial charge in [0.1, 0.15) is 12.4 Å². The summed E-state index contributed by atoms with van der Waals surface area (Å²) < 4.78 is 2.12. The number of allylic oxidation sites excluding steroid dienone is 1. The zero-order chi connectivity index (χ0) is 11.6. The van der Waals surface area contributed by atoms with E-state index in [1.54, 1.807) is 0 Å². The van der Waals surface area contributed by atoms with Gasteiger partial charge in [-0.25, -0.2) is 9.55 Å². The smallest absolute Gasteiger partial charge is 0.247 e. The number of unbranched alkanes of at least 4 members (excludes halogenated alkanes) is 6. The molecule has 2 heteroatoms. The molecule has 0 spiro atoms.